The average molecular weight is 283 g/mol. The summed E-state index contributed by atoms with van der Waals surface area (Å²) in [5, 5.41) is 14.6. The Balaban J connectivity index is 2.15. The van der Waals surface area contributed by atoms with Crippen LogP contribution in [-0.4, -0.2) is 11.0 Å². The molecule has 0 saturated heterocycles. The number of para-hydroxylation sites is 1. The Kier molecular flexibility index (Phi) is 4.30. The van der Waals surface area contributed by atoms with Gasteiger partial charge in [0.15, 0.2) is 0 Å². The highest BCUT2D eigenvalue weighted by Crippen LogP contribution is 2.36. The molecular weight excluding hydrogens is 264 g/mol. The summed E-state index contributed by atoms with van der Waals surface area (Å²) in [7, 11) is 0. The van der Waals surface area contributed by atoms with Gasteiger partial charge in [-0.1, -0.05) is 31.5 Å². The van der Waals surface area contributed by atoms with Crippen LogP contribution in [0, 0.1) is 22.0 Å². The van der Waals surface area contributed by atoms with Gasteiger partial charge in [0.1, 0.15) is 10.7 Å². The van der Waals surface area contributed by atoms with Gasteiger partial charge < -0.3 is 5.32 Å². The second-order valence-electron chi connectivity index (χ2n) is 5.50. The number of halogens is 1. The van der Waals surface area contributed by atoms with Crippen LogP contribution in [0.2, 0.25) is 5.02 Å². The maximum Gasteiger partial charge on any atom is 0.310 e. The third-order valence-corrected chi connectivity index (χ3v) is 4.43. The third-order valence-electron chi connectivity index (χ3n) is 4.13. The van der Waals surface area contributed by atoms with E-state index in [0.29, 0.717) is 17.6 Å². The van der Waals surface area contributed by atoms with Gasteiger partial charge in [-0.25, -0.2) is 0 Å². The van der Waals surface area contributed by atoms with E-state index >= 15 is 0 Å². The summed E-state index contributed by atoms with van der Waals surface area (Å²) in [6.45, 7) is 4.51. The van der Waals surface area contributed by atoms with Crippen molar-refractivity contribution in [2.45, 2.75) is 39.2 Å². The molecule has 104 valence electrons. The highest BCUT2D eigenvalue weighted by molar-refractivity contribution is 6.33. The second kappa shape index (κ2) is 5.78. The van der Waals surface area contributed by atoms with Crippen molar-refractivity contribution >= 4 is 23.0 Å². The number of hydrogen-bond acceptors (Lipinski definition) is 3. The fourth-order valence-electron chi connectivity index (χ4n) is 2.72. The first-order valence-electron chi connectivity index (χ1n) is 6.68. The summed E-state index contributed by atoms with van der Waals surface area (Å²) in [5.74, 6) is 1.37. The highest BCUT2D eigenvalue weighted by atomic mass is 35.5. The number of nitrogens with one attached hydrogen (secondary N) is 1. The predicted molar refractivity (Wildman–Crippen MR) is 77.7 cm³/mol. The Hall–Kier alpha value is -1.29. The van der Waals surface area contributed by atoms with Crippen LogP contribution >= 0.6 is 11.6 Å². The lowest BCUT2D eigenvalue weighted by atomic mass is 9.79. The van der Waals surface area contributed by atoms with E-state index in [0.717, 1.165) is 25.2 Å². The fourth-order valence-corrected chi connectivity index (χ4v) is 2.96. The molecule has 19 heavy (non-hydrogen) atoms. The summed E-state index contributed by atoms with van der Waals surface area (Å²) in [6, 6.07) is 5.32. The minimum Gasteiger partial charge on any atom is -0.377 e. The highest BCUT2D eigenvalue weighted by Gasteiger charge is 2.27. The van der Waals surface area contributed by atoms with Crippen LogP contribution in [0.3, 0.4) is 0 Å². The first-order chi connectivity index (χ1) is 8.99. The number of nitro benzene ring substituents is 1. The van der Waals surface area contributed by atoms with Crippen molar-refractivity contribution < 1.29 is 4.92 Å². The molecule has 1 aliphatic carbocycles. The number of rotatable bonds is 3. The third kappa shape index (κ3) is 3.18. The molecule has 2 rings (SSSR count). The van der Waals surface area contributed by atoms with Crippen molar-refractivity contribution in [1.29, 1.82) is 0 Å². The van der Waals surface area contributed by atoms with Crippen molar-refractivity contribution in [2.75, 3.05) is 5.32 Å². The molecule has 0 bridgehead atoms. The van der Waals surface area contributed by atoms with E-state index in [4.69, 9.17) is 11.6 Å². The maximum atomic E-state index is 11.1. The first-order valence-corrected chi connectivity index (χ1v) is 7.06. The molecule has 0 aliphatic heterocycles. The van der Waals surface area contributed by atoms with Crippen LogP contribution in [0.25, 0.3) is 0 Å². The van der Waals surface area contributed by atoms with E-state index in [1.807, 2.05) is 0 Å². The van der Waals surface area contributed by atoms with Crippen LogP contribution < -0.4 is 5.32 Å². The molecule has 1 N–H and O–H groups in total. The number of nitro groups is 1. The quantitative estimate of drug-likeness (QED) is 0.657. The number of benzene rings is 1. The molecule has 4 nitrogen and oxygen atoms in total. The van der Waals surface area contributed by atoms with Crippen LogP contribution in [0.4, 0.5) is 11.4 Å². The zero-order chi connectivity index (χ0) is 14.0. The van der Waals surface area contributed by atoms with Gasteiger partial charge in [-0.05, 0) is 43.2 Å². The van der Waals surface area contributed by atoms with Gasteiger partial charge in [0, 0.05) is 6.04 Å². The number of anilines is 1. The molecule has 3 unspecified atom stereocenters. The molecule has 0 spiro atoms. The van der Waals surface area contributed by atoms with E-state index in [-0.39, 0.29) is 10.7 Å². The Bertz CT molecular complexity index is 479. The number of nitrogens with zero attached hydrogens (tertiary/aromatic N) is 1. The molecule has 0 heterocycles. The van der Waals surface area contributed by atoms with Gasteiger partial charge in [0.2, 0.25) is 0 Å². The molecule has 0 radical (unpaired) electrons. The lowest BCUT2D eigenvalue weighted by Crippen LogP contribution is -2.30. The molecule has 1 aromatic rings. The van der Waals surface area contributed by atoms with Crippen molar-refractivity contribution in [3.8, 4) is 0 Å². The zero-order valence-electron chi connectivity index (χ0n) is 11.2. The zero-order valence-corrected chi connectivity index (χ0v) is 12.0. The van der Waals surface area contributed by atoms with E-state index in [1.165, 1.54) is 0 Å². The maximum absolute atomic E-state index is 11.1. The summed E-state index contributed by atoms with van der Waals surface area (Å²) >= 11 is 5.91. The smallest absolute Gasteiger partial charge is 0.310 e. The SMILES string of the molecule is CC1CCC(Nc2cccc(Cl)c2[N+](=O)[O-])CC1C. The molecule has 3 atom stereocenters. The largest absolute Gasteiger partial charge is 0.377 e. The van der Waals surface area contributed by atoms with Crippen LogP contribution in [-0.2, 0) is 0 Å². The summed E-state index contributed by atoms with van der Waals surface area (Å²) in [6.07, 6.45) is 3.26. The summed E-state index contributed by atoms with van der Waals surface area (Å²) < 4.78 is 0. The van der Waals surface area contributed by atoms with E-state index in [9.17, 15) is 10.1 Å². The monoisotopic (exact) mass is 282 g/mol. The molecule has 5 heteroatoms. The Morgan fingerprint density at radius 1 is 1.32 bits per heavy atom. The lowest BCUT2D eigenvalue weighted by molar-refractivity contribution is -0.383. The molecule has 0 amide bonds. The van der Waals surface area contributed by atoms with E-state index in [1.54, 1.807) is 18.2 Å². The Morgan fingerprint density at radius 3 is 2.68 bits per heavy atom. The van der Waals surface area contributed by atoms with Gasteiger partial charge in [-0.2, -0.15) is 0 Å². The average Bonchev–Trinajstić information content (AvgIpc) is 2.33. The first kappa shape index (κ1) is 14.1. The number of hydrogen-bond donors (Lipinski definition) is 1. The van der Waals surface area contributed by atoms with Crippen molar-refractivity contribution in [1.82, 2.24) is 0 Å². The topological polar surface area (TPSA) is 55.2 Å². The lowest BCUT2D eigenvalue weighted by Gasteiger charge is -2.33. The van der Waals surface area contributed by atoms with E-state index < -0.39 is 4.92 Å². The molecule has 0 aromatic heterocycles. The van der Waals surface area contributed by atoms with Gasteiger partial charge in [-0.3, -0.25) is 10.1 Å². The van der Waals surface area contributed by atoms with Gasteiger partial charge in [0.05, 0.1) is 4.92 Å². The fraction of sp³-hybridized carbons (Fsp3) is 0.571. The normalized spacial score (nSPS) is 27.0. The van der Waals surface area contributed by atoms with Crippen molar-refractivity contribution in [2.24, 2.45) is 11.8 Å². The molecule has 1 fully saturated rings. The molecule has 1 aromatic carbocycles. The molecule has 1 saturated carbocycles. The predicted octanol–water partition coefficient (Wildman–Crippen LogP) is 4.48. The van der Waals surface area contributed by atoms with Crippen molar-refractivity contribution in [3.63, 3.8) is 0 Å². The summed E-state index contributed by atoms with van der Waals surface area (Å²) in [4.78, 5) is 10.7. The second-order valence-corrected chi connectivity index (χ2v) is 5.91. The van der Waals surface area contributed by atoms with Crippen LogP contribution in [0.5, 0.6) is 0 Å². The standard InChI is InChI=1S/C14H19ClN2O2/c1-9-6-7-11(8-10(9)2)16-13-5-3-4-12(15)14(13)17(18)19/h3-5,9-11,16H,6-8H2,1-2H3. The molecule has 1 aliphatic rings. The van der Waals surface area contributed by atoms with Gasteiger partial charge >= 0.3 is 5.69 Å². The van der Waals surface area contributed by atoms with Gasteiger partial charge in [0.25, 0.3) is 0 Å². The van der Waals surface area contributed by atoms with Gasteiger partial charge in [-0.15, -0.1) is 0 Å². The Morgan fingerprint density at radius 2 is 2.05 bits per heavy atom. The van der Waals surface area contributed by atoms with Crippen LogP contribution in [0.15, 0.2) is 18.2 Å². The summed E-state index contributed by atoms with van der Waals surface area (Å²) in [5.41, 5.74) is 0.514. The minimum atomic E-state index is -0.417. The minimum absolute atomic E-state index is 0.0181. The molecular formula is C14H19ClN2O2. The van der Waals surface area contributed by atoms with Crippen LogP contribution in [0.1, 0.15) is 33.1 Å². The van der Waals surface area contributed by atoms with Crippen molar-refractivity contribution in [3.05, 3.63) is 33.3 Å². The van der Waals surface area contributed by atoms with E-state index in [2.05, 4.69) is 19.2 Å². The Labute approximate surface area is 118 Å².